The zero-order valence-corrected chi connectivity index (χ0v) is 29.5. The summed E-state index contributed by atoms with van der Waals surface area (Å²) in [7, 11) is 0. The van der Waals surface area contributed by atoms with Crippen molar-refractivity contribution in [1.82, 2.24) is 21.3 Å². The number of carboxylic acids is 2. The van der Waals surface area contributed by atoms with Crippen LogP contribution in [-0.4, -0.2) is 76.0 Å². The molecule has 278 valence electrons. The van der Waals surface area contributed by atoms with Crippen molar-refractivity contribution in [3.05, 3.63) is 82.3 Å². The van der Waals surface area contributed by atoms with E-state index in [1.54, 1.807) is 48.5 Å². The number of nitrogens with zero attached hydrogens (tertiary/aromatic N) is 1. The van der Waals surface area contributed by atoms with Gasteiger partial charge in [0, 0.05) is 24.3 Å². The monoisotopic (exact) mass is 711 g/mol. The van der Waals surface area contributed by atoms with Crippen molar-refractivity contribution < 1.29 is 39.1 Å². The van der Waals surface area contributed by atoms with Crippen LogP contribution in [0.25, 0.3) is 0 Å². The van der Waals surface area contributed by atoms with E-state index in [1.165, 1.54) is 0 Å². The van der Waals surface area contributed by atoms with Crippen molar-refractivity contribution >= 4 is 41.0 Å². The number of hydrogen-bond donors (Lipinski definition) is 8. The summed E-state index contributed by atoms with van der Waals surface area (Å²) in [5.41, 5.74) is 1.42. The summed E-state index contributed by atoms with van der Waals surface area (Å²) in [5, 5.41) is 46.7. The van der Waals surface area contributed by atoms with Crippen LogP contribution in [0.4, 0.5) is 11.4 Å². The van der Waals surface area contributed by atoms with Crippen molar-refractivity contribution in [1.29, 1.82) is 0 Å². The van der Waals surface area contributed by atoms with E-state index in [2.05, 4.69) is 31.9 Å². The molecule has 3 amide bonds. The lowest BCUT2D eigenvalue weighted by atomic mass is 9.92. The Kier molecular flexibility index (Phi) is 16.5. The molecule has 0 spiro atoms. The van der Waals surface area contributed by atoms with E-state index in [0.717, 1.165) is 6.20 Å². The van der Waals surface area contributed by atoms with Gasteiger partial charge in [-0.3, -0.25) is 24.5 Å². The SMILES string of the molecule is CC(C)CC(NC(=O)Cc1ccc(NC(=C[N+](=O)[O-])Nc2ccccc2)cc1)C(=O)NC(CCNCC(NC(=O)CC(C)(C)C)C(=O)O)C(=O)O. The molecule has 2 aromatic rings. The maximum absolute atomic E-state index is 13.2. The highest BCUT2D eigenvalue weighted by Crippen LogP contribution is 2.18. The molecule has 3 atom stereocenters. The van der Waals surface area contributed by atoms with Crippen molar-refractivity contribution in [3.8, 4) is 0 Å². The standard InChI is InChI=1S/C35H49N7O9/c1-22(2)17-27(32(45)41-26(33(46)47)15-16-36-20-28(34(48)49)40-31(44)19-35(3,4)5)39-30(43)18-23-11-13-25(14-12-23)38-29(21-42(50)51)37-24-9-7-6-8-10-24/h6-14,21-22,26-28,36-38H,15-20H2,1-5H3,(H,39,43)(H,40,44)(H,41,45)(H,46,47)(H,48,49). The molecule has 0 heterocycles. The summed E-state index contributed by atoms with van der Waals surface area (Å²) < 4.78 is 0. The normalized spacial score (nSPS) is 13.3. The van der Waals surface area contributed by atoms with Gasteiger partial charge in [-0.15, -0.1) is 0 Å². The Morgan fingerprint density at radius 2 is 1.37 bits per heavy atom. The lowest BCUT2D eigenvalue weighted by molar-refractivity contribution is -0.403. The molecule has 0 radical (unpaired) electrons. The Morgan fingerprint density at radius 1 is 0.804 bits per heavy atom. The van der Waals surface area contributed by atoms with Crippen LogP contribution >= 0.6 is 0 Å². The van der Waals surface area contributed by atoms with Gasteiger partial charge in [0.25, 0.3) is 6.20 Å². The quantitative estimate of drug-likeness (QED) is 0.0530. The fourth-order valence-corrected chi connectivity index (χ4v) is 4.82. The third-order valence-electron chi connectivity index (χ3n) is 7.14. The van der Waals surface area contributed by atoms with Gasteiger partial charge < -0.3 is 42.1 Å². The van der Waals surface area contributed by atoms with Gasteiger partial charge in [0.05, 0.1) is 11.3 Å². The fourth-order valence-electron chi connectivity index (χ4n) is 4.82. The number of amides is 3. The van der Waals surface area contributed by atoms with Crippen LogP contribution in [0.1, 0.15) is 59.4 Å². The number of benzene rings is 2. The van der Waals surface area contributed by atoms with Crippen molar-refractivity contribution in [2.45, 2.75) is 78.4 Å². The van der Waals surface area contributed by atoms with Crippen LogP contribution in [-0.2, 0) is 30.4 Å². The summed E-state index contributed by atoms with van der Waals surface area (Å²) in [6.07, 6.45) is 0.975. The van der Waals surface area contributed by atoms with E-state index in [9.17, 15) is 44.3 Å². The minimum Gasteiger partial charge on any atom is -0.480 e. The van der Waals surface area contributed by atoms with Crippen LogP contribution in [0.5, 0.6) is 0 Å². The summed E-state index contributed by atoms with van der Waals surface area (Å²) in [6.45, 7) is 9.11. The molecule has 0 bridgehead atoms. The Hall–Kier alpha value is -5.51. The molecule has 0 aliphatic carbocycles. The third kappa shape index (κ3) is 17.1. The highest BCUT2D eigenvalue weighted by molar-refractivity contribution is 5.91. The topological polar surface area (TPSA) is 241 Å². The first kappa shape index (κ1) is 41.7. The number of nitrogens with one attached hydrogen (secondary N) is 6. The zero-order valence-electron chi connectivity index (χ0n) is 29.5. The number of anilines is 2. The number of carbonyl (C=O) groups excluding carboxylic acids is 3. The number of nitro groups is 1. The number of hydrogen-bond acceptors (Lipinski definition) is 10. The van der Waals surface area contributed by atoms with Crippen LogP contribution in [0.3, 0.4) is 0 Å². The van der Waals surface area contributed by atoms with E-state index >= 15 is 0 Å². The van der Waals surface area contributed by atoms with Gasteiger partial charge >= 0.3 is 11.9 Å². The first-order chi connectivity index (χ1) is 23.9. The van der Waals surface area contributed by atoms with Gasteiger partial charge in [-0.1, -0.05) is 65.0 Å². The zero-order chi connectivity index (χ0) is 38.1. The summed E-state index contributed by atoms with van der Waals surface area (Å²) in [6, 6.07) is 11.9. The van der Waals surface area contributed by atoms with Gasteiger partial charge in [-0.2, -0.15) is 0 Å². The fraction of sp³-hybridized carbons (Fsp3) is 0.457. The summed E-state index contributed by atoms with van der Waals surface area (Å²) in [5.74, 6) is -4.04. The second-order valence-electron chi connectivity index (χ2n) is 13.7. The number of para-hydroxylation sites is 1. The van der Waals surface area contributed by atoms with E-state index in [-0.39, 0.29) is 55.9 Å². The van der Waals surface area contributed by atoms with E-state index in [0.29, 0.717) is 16.9 Å². The minimum absolute atomic E-state index is 0.0217. The molecule has 2 rings (SSSR count). The molecule has 2 aromatic carbocycles. The van der Waals surface area contributed by atoms with Crippen LogP contribution in [0, 0.1) is 21.4 Å². The molecule has 0 aliphatic heterocycles. The van der Waals surface area contributed by atoms with Gasteiger partial charge in [0.2, 0.25) is 17.7 Å². The first-order valence-corrected chi connectivity index (χ1v) is 16.5. The Morgan fingerprint density at radius 3 is 1.90 bits per heavy atom. The average Bonchev–Trinajstić information content (AvgIpc) is 3.01. The molecule has 0 saturated heterocycles. The number of carboxylic acid groups (broad SMARTS) is 2. The maximum atomic E-state index is 13.2. The molecule has 0 saturated carbocycles. The molecule has 16 nitrogen and oxygen atoms in total. The smallest absolute Gasteiger partial charge is 0.327 e. The molecule has 0 aliphatic rings. The molecular formula is C35H49N7O9. The molecule has 0 aromatic heterocycles. The molecule has 3 unspecified atom stereocenters. The van der Waals surface area contributed by atoms with Crippen molar-refractivity contribution in [2.75, 3.05) is 23.7 Å². The number of rotatable bonds is 21. The van der Waals surface area contributed by atoms with Crippen molar-refractivity contribution in [2.24, 2.45) is 11.3 Å². The highest BCUT2D eigenvalue weighted by Gasteiger charge is 2.28. The van der Waals surface area contributed by atoms with Crippen LogP contribution < -0.4 is 31.9 Å². The molecular weight excluding hydrogens is 662 g/mol. The number of aliphatic carboxylic acids is 2. The Balaban J connectivity index is 1.97. The molecule has 16 heteroatoms. The summed E-state index contributed by atoms with van der Waals surface area (Å²) in [4.78, 5) is 72.5. The predicted molar refractivity (Wildman–Crippen MR) is 191 cm³/mol. The van der Waals surface area contributed by atoms with Gasteiger partial charge in [-0.05, 0) is 60.5 Å². The van der Waals surface area contributed by atoms with Gasteiger partial charge in [0.15, 0.2) is 5.82 Å². The van der Waals surface area contributed by atoms with E-state index in [4.69, 9.17) is 0 Å². The first-order valence-electron chi connectivity index (χ1n) is 16.5. The van der Waals surface area contributed by atoms with Crippen LogP contribution in [0.2, 0.25) is 0 Å². The predicted octanol–water partition coefficient (Wildman–Crippen LogP) is 2.91. The average molecular weight is 712 g/mol. The van der Waals surface area contributed by atoms with Crippen LogP contribution in [0.15, 0.2) is 66.6 Å². The minimum atomic E-state index is -1.33. The second-order valence-corrected chi connectivity index (χ2v) is 13.7. The Labute approximate surface area is 297 Å². The highest BCUT2D eigenvalue weighted by atomic mass is 16.6. The number of carbonyl (C=O) groups is 5. The lowest BCUT2D eigenvalue weighted by Gasteiger charge is -2.23. The van der Waals surface area contributed by atoms with E-state index < -0.39 is 52.7 Å². The van der Waals surface area contributed by atoms with E-state index in [1.807, 2.05) is 40.7 Å². The Bertz CT molecular complexity index is 1520. The van der Waals surface area contributed by atoms with Gasteiger partial charge in [0.1, 0.15) is 18.1 Å². The maximum Gasteiger partial charge on any atom is 0.327 e. The second kappa shape index (κ2) is 20.2. The largest absolute Gasteiger partial charge is 0.480 e. The van der Waals surface area contributed by atoms with Gasteiger partial charge in [-0.25, -0.2) is 9.59 Å². The lowest BCUT2D eigenvalue weighted by Crippen LogP contribution is -2.53. The summed E-state index contributed by atoms with van der Waals surface area (Å²) >= 11 is 0. The molecule has 8 N–H and O–H groups in total. The molecule has 51 heavy (non-hydrogen) atoms. The molecule has 0 fully saturated rings. The third-order valence-corrected chi connectivity index (χ3v) is 7.14. The van der Waals surface area contributed by atoms with Crippen molar-refractivity contribution in [3.63, 3.8) is 0 Å².